The highest BCUT2D eigenvalue weighted by molar-refractivity contribution is 5.76. The predicted molar refractivity (Wildman–Crippen MR) is 56.2 cm³/mol. The molecule has 1 radical (unpaired) electrons. The van der Waals surface area contributed by atoms with Crippen LogP contribution in [0.25, 0.3) is 11.0 Å². The molecule has 0 spiro atoms. The third-order valence-corrected chi connectivity index (χ3v) is 2.11. The van der Waals surface area contributed by atoms with Gasteiger partial charge in [-0.3, -0.25) is 4.79 Å². The summed E-state index contributed by atoms with van der Waals surface area (Å²) in [5.74, 6) is 0.712. The van der Waals surface area contributed by atoms with Crippen molar-refractivity contribution in [2.45, 2.75) is 12.8 Å². The minimum Gasteiger partial charge on any atom is -0.461 e. The highest BCUT2D eigenvalue weighted by Crippen LogP contribution is 2.12. The number of benzene rings is 1. The van der Waals surface area contributed by atoms with Gasteiger partial charge < -0.3 is 4.42 Å². The van der Waals surface area contributed by atoms with E-state index < -0.39 is 0 Å². The smallest absolute Gasteiger partial charge is 0.192 e. The van der Waals surface area contributed by atoms with Crippen LogP contribution < -0.4 is 5.43 Å². The molecule has 0 aliphatic carbocycles. The molecule has 14 heavy (non-hydrogen) atoms. The van der Waals surface area contributed by atoms with Crippen LogP contribution in [0.3, 0.4) is 0 Å². The molecule has 1 aromatic heterocycles. The molecule has 2 heteroatoms. The lowest BCUT2D eigenvalue weighted by Gasteiger charge is -2.00. The van der Waals surface area contributed by atoms with Gasteiger partial charge >= 0.3 is 0 Å². The maximum atomic E-state index is 11.6. The number of para-hydroxylation sites is 1. The average Bonchev–Trinajstić information content (AvgIpc) is 2.18. The van der Waals surface area contributed by atoms with Gasteiger partial charge in [-0.05, 0) is 18.6 Å². The minimum absolute atomic E-state index is 0.0234. The molecule has 0 fully saturated rings. The Morgan fingerprint density at radius 1 is 1.29 bits per heavy atom. The van der Waals surface area contributed by atoms with Gasteiger partial charge in [0.1, 0.15) is 11.3 Å². The van der Waals surface area contributed by atoms with E-state index in [2.05, 4.69) is 6.92 Å². The molecule has 2 nitrogen and oxygen atoms in total. The van der Waals surface area contributed by atoms with Crippen molar-refractivity contribution in [2.75, 3.05) is 0 Å². The van der Waals surface area contributed by atoms with Crippen LogP contribution in [-0.2, 0) is 6.42 Å². The van der Waals surface area contributed by atoms with Crippen LogP contribution in [0.4, 0.5) is 0 Å². The largest absolute Gasteiger partial charge is 0.461 e. The summed E-state index contributed by atoms with van der Waals surface area (Å²) in [6.45, 7) is 3.73. The second kappa shape index (κ2) is 3.66. The molecule has 0 amide bonds. The summed E-state index contributed by atoms with van der Waals surface area (Å²) < 4.78 is 5.54. The normalized spacial score (nSPS) is 10.6. The first-order valence-electron chi connectivity index (χ1n) is 4.62. The lowest BCUT2D eigenvalue weighted by molar-refractivity contribution is 0.536. The average molecular weight is 187 g/mol. The van der Waals surface area contributed by atoms with E-state index in [0.29, 0.717) is 23.2 Å². The van der Waals surface area contributed by atoms with Gasteiger partial charge in [0.05, 0.1) is 5.39 Å². The lowest BCUT2D eigenvalue weighted by Crippen LogP contribution is -2.01. The van der Waals surface area contributed by atoms with Crippen LogP contribution in [0.5, 0.6) is 0 Å². The molecule has 0 N–H and O–H groups in total. The van der Waals surface area contributed by atoms with Crippen molar-refractivity contribution < 1.29 is 4.42 Å². The predicted octanol–water partition coefficient (Wildman–Crippen LogP) is 2.56. The van der Waals surface area contributed by atoms with E-state index in [1.807, 2.05) is 18.2 Å². The number of fused-ring (bicyclic) bond motifs is 1. The monoisotopic (exact) mass is 187 g/mol. The number of aryl methyl sites for hydroxylation is 1. The summed E-state index contributed by atoms with van der Waals surface area (Å²) in [5.41, 5.74) is 0.679. The Morgan fingerprint density at radius 3 is 2.86 bits per heavy atom. The van der Waals surface area contributed by atoms with E-state index >= 15 is 0 Å². The van der Waals surface area contributed by atoms with Crippen LogP contribution in [0.15, 0.2) is 39.5 Å². The van der Waals surface area contributed by atoms with Crippen molar-refractivity contribution in [2.24, 2.45) is 0 Å². The molecule has 1 aromatic carbocycles. The molecule has 0 unspecified atom stereocenters. The Bertz CT molecular complexity index is 497. The van der Waals surface area contributed by atoms with Crippen LogP contribution in [0.1, 0.15) is 12.2 Å². The molecule has 0 aliphatic heterocycles. The second-order valence-electron chi connectivity index (χ2n) is 3.18. The molecule has 0 bridgehead atoms. The molecule has 2 aromatic rings. The highest BCUT2D eigenvalue weighted by Gasteiger charge is 2.02. The van der Waals surface area contributed by atoms with E-state index in [0.717, 1.165) is 6.42 Å². The van der Waals surface area contributed by atoms with Crippen molar-refractivity contribution in [3.63, 3.8) is 0 Å². The van der Waals surface area contributed by atoms with Crippen LogP contribution in [-0.4, -0.2) is 0 Å². The zero-order valence-corrected chi connectivity index (χ0v) is 7.82. The summed E-state index contributed by atoms with van der Waals surface area (Å²) in [4.78, 5) is 11.6. The van der Waals surface area contributed by atoms with Crippen molar-refractivity contribution in [1.82, 2.24) is 0 Å². The molecule has 71 valence electrons. The third-order valence-electron chi connectivity index (χ3n) is 2.11. The Kier molecular flexibility index (Phi) is 2.35. The fourth-order valence-electron chi connectivity index (χ4n) is 1.45. The summed E-state index contributed by atoms with van der Waals surface area (Å²) in [6.07, 6.45) is 1.45. The van der Waals surface area contributed by atoms with Crippen molar-refractivity contribution >= 4 is 11.0 Å². The third kappa shape index (κ3) is 1.55. The molecule has 1 heterocycles. The Morgan fingerprint density at radius 2 is 2.07 bits per heavy atom. The van der Waals surface area contributed by atoms with Crippen LogP contribution in [0, 0.1) is 6.92 Å². The van der Waals surface area contributed by atoms with Gasteiger partial charge in [0.2, 0.25) is 0 Å². The van der Waals surface area contributed by atoms with Gasteiger partial charge in [0.15, 0.2) is 5.43 Å². The fourth-order valence-corrected chi connectivity index (χ4v) is 1.45. The zero-order chi connectivity index (χ0) is 9.97. The molecular weight excluding hydrogens is 176 g/mol. The van der Waals surface area contributed by atoms with Gasteiger partial charge in [0, 0.05) is 12.5 Å². The number of rotatable bonds is 2. The second-order valence-corrected chi connectivity index (χ2v) is 3.18. The van der Waals surface area contributed by atoms with Gasteiger partial charge in [-0.15, -0.1) is 0 Å². The lowest BCUT2D eigenvalue weighted by atomic mass is 10.2. The SMILES string of the molecule is [CH2]CCc1cc(=O)c2ccccc2o1. The molecule has 0 saturated carbocycles. The highest BCUT2D eigenvalue weighted by atomic mass is 16.3. The van der Waals surface area contributed by atoms with Gasteiger partial charge in [0.25, 0.3) is 0 Å². The molecule has 0 atom stereocenters. The van der Waals surface area contributed by atoms with E-state index in [4.69, 9.17) is 4.42 Å². The van der Waals surface area contributed by atoms with E-state index in [1.54, 1.807) is 12.1 Å². The van der Waals surface area contributed by atoms with Crippen molar-refractivity contribution in [1.29, 1.82) is 0 Å². The summed E-state index contributed by atoms with van der Waals surface area (Å²) >= 11 is 0. The van der Waals surface area contributed by atoms with E-state index in [9.17, 15) is 4.79 Å². The first kappa shape index (κ1) is 9.00. The summed E-state index contributed by atoms with van der Waals surface area (Å²) in [7, 11) is 0. The Balaban J connectivity index is 2.66. The quantitative estimate of drug-likeness (QED) is 0.723. The standard InChI is InChI=1S/C12H11O2/c1-2-5-9-8-11(13)10-6-3-4-7-12(10)14-9/h3-4,6-8H,1-2,5H2. The van der Waals surface area contributed by atoms with Gasteiger partial charge in [-0.2, -0.15) is 0 Å². The van der Waals surface area contributed by atoms with Gasteiger partial charge in [-0.1, -0.05) is 19.1 Å². The molecule has 0 saturated heterocycles. The van der Waals surface area contributed by atoms with E-state index in [1.165, 1.54) is 0 Å². The number of hydrogen-bond acceptors (Lipinski definition) is 2. The first-order valence-corrected chi connectivity index (χ1v) is 4.62. The summed E-state index contributed by atoms with van der Waals surface area (Å²) in [5, 5.41) is 0.639. The van der Waals surface area contributed by atoms with Crippen molar-refractivity contribution in [3.05, 3.63) is 53.2 Å². The topological polar surface area (TPSA) is 30.2 Å². The van der Waals surface area contributed by atoms with Gasteiger partial charge in [-0.25, -0.2) is 0 Å². The van der Waals surface area contributed by atoms with Crippen LogP contribution in [0.2, 0.25) is 0 Å². The Labute approximate surface area is 82.2 Å². The maximum absolute atomic E-state index is 11.6. The van der Waals surface area contributed by atoms with Crippen molar-refractivity contribution in [3.8, 4) is 0 Å². The minimum atomic E-state index is 0.0234. The fraction of sp³-hybridized carbons (Fsp3) is 0.167. The van der Waals surface area contributed by atoms with Crippen LogP contribution >= 0.6 is 0 Å². The first-order chi connectivity index (χ1) is 6.81. The molecular formula is C12H11O2. The summed E-state index contributed by atoms with van der Waals surface area (Å²) in [6, 6.07) is 8.82. The molecule has 0 aliphatic rings. The Hall–Kier alpha value is -1.57. The number of hydrogen-bond donors (Lipinski definition) is 0. The maximum Gasteiger partial charge on any atom is 0.192 e. The van der Waals surface area contributed by atoms with E-state index in [-0.39, 0.29) is 5.43 Å². The molecule has 2 rings (SSSR count). The zero-order valence-electron chi connectivity index (χ0n) is 7.82.